The van der Waals surface area contributed by atoms with Gasteiger partial charge in [-0.2, -0.15) is 0 Å². The molecule has 0 aromatic heterocycles. The Labute approximate surface area is 404 Å². The molecule has 0 radical (unpaired) electrons. The van der Waals surface area contributed by atoms with Crippen molar-refractivity contribution in [2.45, 2.75) is 237 Å². The third-order valence-corrected chi connectivity index (χ3v) is 11.2. The van der Waals surface area contributed by atoms with E-state index in [0.29, 0.717) is 19.3 Å². The summed E-state index contributed by atoms with van der Waals surface area (Å²) < 4.78 is 28.2. The van der Waals surface area contributed by atoms with Crippen LogP contribution in [0.5, 0.6) is 0 Å². The van der Waals surface area contributed by atoms with Gasteiger partial charge >= 0.3 is 23.9 Å². The third kappa shape index (κ3) is 34.2. The van der Waals surface area contributed by atoms with Gasteiger partial charge in [-0.3, -0.25) is 14.4 Å². The van der Waals surface area contributed by atoms with Crippen molar-refractivity contribution in [3.05, 3.63) is 72.9 Å². The molecule has 6 atom stereocenters. The van der Waals surface area contributed by atoms with Crippen LogP contribution >= 0.6 is 0 Å². The molecule has 1 heterocycles. The van der Waals surface area contributed by atoms with Crippen LogP contribution in [0.2, 0.25) is 0 Å². The maximum Gasteiger partial charge on any atom is 0.335 e. The van der Waals surface area contributed by atoms with Crippen molar-refractivity contribution in [2.75, 3.05) is 13.2 Å². The number of aliphatic hydroxyl groups excluding tert-OH is 2. The molecule has 6 unspecified atom stereocenters. The summed E-state index contributed by atoms with van der Waals surface area (Å²) in [7, 11) is 0. The Hall–Kier alpha value is -3.84. The molecule has 1 aliphatic rings. The summed E-state index contributed by atoms with van der Waals surface area (Å²) in [5.41, 5.74) is 0. The van der Waals surface area contributed by atoms with Crippen molar-refractivity contribution in [1.82, 2.24) is 0 Å². The smallest absolute Gasteiger partial charge is 0.335 e. The molecular formula is C55H90O12. The molecule has 0 amide bonds. The lowest BCUT2D eigenvalue weighted by Crippen LogP contribution is -2.61. The first-order valence-corrected chi connectivity index (χ1v) is 25.9. The molecule has 0 aromatic rings. The monoisotopic (exact) mass is 943 g/mol. The van der Waals surface area contributed by atoms with E-state index in [0.717, 1.165) is 116 Å². The fourth-order valence-corrected chi connectivity index (χ4v) is 7.28. The second kappa shape index (κ2) is 43.4. The number of hydrogen-bond donors (Lipinski definition) is 3. The number of esters is 3. The van der Waals surface area contributed by atoms with Gasteiger partial charge in [-0.1, -0.05) is 171 Å². The summed E-state index contributed by atoms with van der Waals surface area (Å²) in [5.74, 6) is -3.20. The van der Waals surface area contributed by atoms with Crippen LogP contribution in [0.15, 0.2) is 72.9 Å². The molecule has 12 heteroatoms. The van der Waals surface area contributed by atoms with Gasteiger partial charge in [0.1, 0.15) is 18.8 Å². The first-order chi connectivity index (χ1) is 32.6. The highest BCUT2D eigenvalue weighted by molar-refractivity contribution is 5.74. The molecule has 1 aliphatic heterocycles. The highest BCUT2D eigenvalue weighted by atomic mass is 16.7. The summed E-state index contributed by atoms with van der Waals surface area (Å²) in [6, 6.07) is 0. The highest BCUT2D eigenvalue weighted by Crippen LogP contribution is 2.26. The maximum atomic E-state index is 13.1. The van der Waals surface area contributed by atoms with Crippen LogP contribution in [-0.4, -0.2) is 89.2 Å². The van der Waals surface area contributed by atoms with Crippen molar-refractivity contribution in [2.24, 2.45) is 0 Å². The fourth-order valence-electron chi connectivity index (χ4n) is 7.28. The molecule has 0 aromatic carbocycles. The second-order valence-corrected chi connectivity index (χ2v) is 17.4. The molecule has 3 N–H and O–H groups in total. The van der Waals surface area contributed by atoms with Gasteiger partial charge in [0.05, 0.1) is 6.61 Å². The molecule has 1 saturated heterocycles. The average molecular weight is 943 g/mol. The number of carbonyl (C=O) groups excluding carboxylic acids is 3. The van der Waals surface area contributed by atoms with Gasteiger partial charge in [0.15, 0.2) is 24.6 Å². The van der Waals surface area contributed by atoms with Crippen LogP contribution in [0.25, 0.3) is 0 Å². The zero-order chi connectivity index (χ0) is 49.0. The van der Waals surface area contributed by atoms with E-state index in [4.69, 9.17) is 23.7 Å². The van der Waals surface area contributed by atoms with Crippen LogP contribution in [0.4, 0.5) is 0 Å². The Balaban J connectivity index is 2.77. The van der Waals surface area contributed by atoms with Crippen LogP contribution in [0.3, 0.4) is 0 Å². The number of ether oxygens (including phenoxy) is 5. The van der Waals surface area contributed by atoms with Crippen LogP contribution in [0.1, 0.15) is 201 Å². The van der Waals surface area contributed by atoms with Crippen molar-refractivity contribution >= 4 is 23.9 Å². The predicted molar refractivity (Wildman–Crippen MR) is 266 cm³/mol. The van der Waals surface area contributed by atoms with Gasteiger partial charge in [0, 0.05) is 19.3 Å². The molecule has 382 valence electrons. The van der Waals surface area contributed by atoms with E-state index in [1.165, 1.54) is 25.7 Å². The number of aliphatic carboxylic acids is 1. The molecule has 1 fully saturated rings. The number of allylic oxidation sites excluding steroid dienone is 12. The average Bonchev–Trinajstić information content (AvgIpc) is 3.31. The number of carboxylic acids is 1. The standard InChI is InChI=1S/C55H90O12/c1-4-7-10-13-16-19-21-23-24-26-27-30-32-35-38-41-47(56)63-44-46(65-48(57)42-39-36-34-31-28-25-22-20-17-14-11-8-5-2)45-64-55-53(51(60)50(59)52(67-55)54(61)62)66-49(58)43-40-37-33-29-18-15-12-9-6-3/h7,10-11,14,16,19-20,22-24,27,30,46,50-53,55,59-60H,4-6,8-9,12-13,15,17-18,21,25-26,28-29,31-45H2,1-3H3,(H,61,62)/b10-7-,14-11-,19-16-,22-20-,24-23-,30-27-. The van der Waals surface area contributed by atoms with E-state index in [1.54, 1.807) is 0 Å². The first kappa shape index (κ1) is 61.2. The van der Waals surface area contributed by atoms with Crippen LogP contribution in [0, 0.1) is 0 Å². The molecule has 0 saturated carbocycles. The second-order valence-electron chi connectivity index (χ2n) is 17.4. The van der Waals surface area contributed by atoms with Crippen molar-refractivity contribution in [3.63, 3.8) is 0 Å². The van der Waals surface area contributed by atoms with Crippen molar-refractivity contribution in [1.29, 1.82) is 0 Å². The summed E-state index contributed by atoms with van der Waals surface area (Å²) >= 11 is 0. The lowest BCUT2D eigenvalue weighted by Gasteiger charge is -2.40. The van der Waals surface area contributed by atoms with Gasteiger partial charge in [-0.05, 0) is 83.5 Å². The van der Waals surface area contributed by atoms with E-state index in [9.17, 15) is 34.5 Å². The largest absolute Gasteiger partial charge is 0.479 e. The molecule has 0 aliphatic carbocycles. The minimum atomic E-state index is -1.91. The van der Waals surface area contributed by atoms with Crippen molar-refractivity contribution in [3.8, 4) is 0 Å². The molecule has 0 bridgehead atoms. The van der Waals surface area contributed by atoms with Gasteiger partial charge < -0.3 is 39.0 Å². The lowest BCUT2D eigenvalue weighted by molar-refractivity contribution is -0.301. The third-order valence-electron chi connectivity index (χ3n) is 11.2. The Bertz CT molecular complexity index is 1450. The number of unbranched alkanes of at least 4 members (excludes halogenated alkanes) is 16. The molecule has 0 spiro atoms. The Kier molecular flexibility index (Phi) is 39.7. The minimum absolute atomic E-state index is 0.0535. The molecule has 12 nitrogen and oxygen atoms in total. The van der Waals surface area contributed by atoms with Gasteiger partial charge in [-0.25, -0.2) is 4.79 Å². The van der Waals surface area contributed by atoms with E-state index in [1.807, 2.05) is 0 Å². The zero-order valence-corrected chi connectivity index (χ0v) is 41.6. The molecule has 67 heavy (non-hydrogen) atoms. The normalized spacial score (nSPS) is 19.4. The summed E-state index contributed by atoms with van der Waals surface area (Å²) in [6.07, 6.45) is 40.5. The Morgan fingerprint density at radius 2 is 0.970 bits per heavy atom. The van der Waals surface area contributed by atoms with E-state index >= 15 is 0 Å². The number of rotatable bonds is 42. The van der Waals surface area contributed by atoms with E-state index in [2.05, 4.69) is 93.7 Å². The van der Waals surface area contributed by atoms with Gasteiger partial charge in [0.2, 0.25) is 0 Å². The highest BCUT2D eigenvalue weighted by Gasteiger charge is 2.50. The Morgan fingerprint density at radius 3 is 1.52 bits per heavy atom. The Morgan fingerprint density at radius 1 is 0.507 bits per heavy atom. The lowest BCUT2D eigenvalue weighted by atomic mass is 9.98. The summed E-state index contributed by atoms with van der Waals surface area (Å²) in [5, 5.41) is 31.3. The molecular weight excluding hydrogens is 853 g/mol. The van der Waals surface area contributed by atoms with Crippen molar-refractivity contribution < 1.29 is 58.2 Å². The minimum Gasteiger partial charge on any atom is -0.479 e. The van der Waals surface area contributed by atoms with Crippen LogP contribution < -0.4 is 0 Å². The number of hydrogen-bond acceptors (Lipinski definition) is 11. The van der Waals surface area contributed by atoms with Crippen LogP contribution in [-0.2, 0) is 42.9 Å². The molecule has 1 rings (SSSR count). The van der Waals surface area contributed by atoms with E-state index in [-0.39, 0.29) is 25.9 Å². The number of aliphatic hydroxyl groups is 2. The van der Waals surface area contributed by atoms with Gasteiger partial charge in [-0.15, -0.1) is 0 Å². The first-order valence-electron chi connectivity index (χ1n) is 25.9. The van der Waals surface area contributed by atoms with E-state index < -0.39 is 67.3 Å². The van der Waals surface area contributed by atoms with Gasteiger partial charge in [0.25, 0.3) is 0 Å². The number of carboxylic acid groups (broad SMARTS) is 1. The maximum absolute atomic E-state index is 13.1. The summed E-state index contributed by atoms with van der Waals surface area (Å²) in [4.78, 5) is 50.7. The summed E-state index contributed by atoms with van der Waals surface area (Å²) in [6.45, 7) is 5.70. The predicted octanol–water partition coefficient (Wildman–Crippen LogP) is 12.2. The quantitative estimate of drug-likeness (QED) is 0.0229. The number of carbonyl (C=O) groups is 4. The fraction of sp³-hybridized carbons (Fsp3) is 0.709. The zero-order valence-electron chi connectivity index (χ0n) is 41.6. The topological polar surface area (TPSA) is 175 Å². The SMILES string of the molecule is CC/C=C\C/C=C\C/C=C\C/C=C\CCCCC(=O)OCC(COC1OC(C(=O)O)C(O)C(O)C1OC(=O)CCCCCCCCCCC)OC(=O)CCCCCCC/C=C\C/C=C\CCC.